The second-order valence-corrected chi connectivity index (χ2v) is 8.29. The zero-order valence-electron chi connectivity index (χ0n) is 19.0. The minimum Gasteiger partial charge on any atom is -0.675 e. The summed E-state index contributed by atoms with van der Waals surface area (Å²) in [7, 11) is 0. The van der Waals surface area contributed by atoms with Gasteiger partial charge in [0.2, 0.25) is 0 Å². The predicted octanol–water partition coefficient (Wildman–Crippen LogP) is 7.06. The molecule has 0 aliphatic heterocycles. The Morgan fingerprint density at radius 1 is 0.346 bits per heavy atom. The van der Waals surface area contributed by atoms with Crippen LogP contribution in [0.3, 0.4) is 0 Å². The molecule has 0 aromatic rings. The maximum atomic E-state index is 4.55. The van der Waals surface area contributed by atoms with Crippen LogP contribution in [-0.2, 0) is 34.1 Å². The Morgan fingerprint density at radius 2 is 0.500 bits per heavy atom. The maximum absolute atomic E-state index is 4.55. The molecule has 0 amide bonds. The molecule has 0 heterocycles. The molecule has 6 heteroatoms. The molecular weight excluding hydrogens is 423 g/mol. The Bertz CT molecular complexity index is 235. The summed E-state index contributed by atoms with van der Waals surface area (Å²) in [6, 6.07) is 1.56. The van der Waals surface area contributed by atoms with Crippen LogP contribution in [0.25, 0.3) is 21.3 Å². The van der Waals surface area contributed by atoms with Gasteiger partial charge in [-0.1, -0.05) is 94.9 Å². The second kappa shape index (κ2) is 19.2. The van der Waals surface area contributed by atoms with Gasteiger partial charge in [-0.2, -0.15) is 0 Å². The van der Waals surface area contributed by atoms with Gasteiger partial charge in [0.1, 0.15) is 0 Å². The first kappa shape index (κ1) is 34.4. The summed E-state index contributed by atoms with van der Waals surface area (Å²) in [5.74, 6) is 1.05. The average Bonchev–Trinajstić information content (AvgIpc) is 2.35. The van der Waals surface area contributed by atoms with Crippen LogP contribution < -0.4 is 0 Å². The first-order valence-electron chi connectivity index (χ1n) is 9.66. The molecular formula is C20H44Cu2N4. The number of hydrogen-bond donors (Lipinski definition) is 0. The molecule has 166 valence electrons. The van der Waals surface area contributed by atoms with Crippen molar-refractivity contribution in [2.75, 3.05) is 0 Å². The topological polar surface area (TPSA) is 56.4 Å². The Kier molecular flexibility index (Phi) is 25.4. The van der Waals surface area contributed by atoms with Crippen molar-refractivity contribution in [3.63, 3.8) is 0 Å². The fourth-order valence-electron chi connectivity index (χ4n) is 1.99. The largest absolute Gasteiger partial charge is 2.00 e. The van der Waals surface area contributed by atoms with Crippen LogP contribution in [0, 0.1) is 11.8 Å². The van der Waals surface area contributed by atoms with E-state index < -0.39 is 0 Å². The van der Waals surface area contributed by atoms with Gasteiger partial charge in [-0.05, 0) is 0 Å². The van der Waals surface area contributed by atoms with Crippen molar-refractivity contribution in [1.82, 2.24) is 0 Å². The van der Waals surface area contributed by atoms with Gasteiger partial charge in [0, 0.05) is 0 Å². The van der Waals surface area contributed by atoms with Gasteiger partial charge in [0.15, 0.2) is 0 Å². The zero-order valence-corrected chi connectivity index (χ0v) is 20.9. The molecule has 0 saturated carbocycles. The van der Waals surface area contributed by atoms with Gasteiger partial charge >= 0.3 is 34.1 Å². The summed E-state index contributed by atoms with van der Waals surface area (Å²) >= 11 is 0. The first-order valence-corrected chi connectivity index (χ1v) is 9.66. The maximum Gasteiger partial charge on any atom is 2.00 e. The monoisotopic (exact) mass is 466 g/mol. The molecule has 0 aromatic heterocycles. The molecule has 2 radical (unpaired) electrons. The van der Waals surface area contributed by atoms with Crippen LogP contribution in [0.2, 0.25) is 0 Å². The summed E-state index contributed by atoms with van der Waals surface area (Å²) in [6.45, 7) is 25.5. The van der Waals surface area contributed by atoms with E-state index in [1.807, 2.05) is 0 Å². The van der Waals surface area contributed by atoms with Crippen molar-refractivity contribution in [3.05, 3.63) is 21.3 Å². The van der Waals surface area contributed by atoms with Crippen LogP contribution in [0.15, 0.2) is 0 Å². The van der Waals surface area contributed by atoms with Crippen LogP contribution in [0.5, 0.6) is 0 Å². The van der Waals surface area contributed by atoms with E-state index in [0.29, 0.717) is 36.0 Å². The molecule has 0 spiro atoms. The Hall–Kier alpha value is 0.879. The Labute approximate surface area is 186 Å². The van der Waals surface area contributed by atoms with Crippen molar-refractivity contribution < 1.29 is 34.1 Å². The van der Waals surface area contributed by atoms with Crippen LogP contribution in [0.1, 0.15) is 83.1 Å². The summed E-state index contributed by atoms with van der Waals surface area (Å²) in [6.07, 6.45) is 0.370. The Morgan fingerprint density at radius 3 is 0.577 bits per heavy atom. The van der Waals surface area contributed by atoms with Crippen LogP contribution >= 0.6 is 0 Å². The van der Waals surface area contributed by atoms with Crippen molar-refractivity contribution in [3.8, 4) is 0 Å². The number of nitrogens with zero attached hydrogens (tertiary/aromatic N) is 4. The molecule has 0 saturated heterocycles. The fourth-order valence-corrected chi connectivity index (χ4v) is 1.99. The summed E-state index contributed by atoms with van der Waals surface area (Å²) < 4.78 is 0. The standard InChI is InChI=1S/2C10H22N2.2Cu/c2*1-7(2)10(11-8(3)4)12-9(5)6;;/h2*7-10H,1-6H3;;/q2*-2;2*+2. The van der Waals surface area contributed by atoms with E-state index >= 15 is 0 Å². The van der Waals surface area contributed by atoms with E-state index in [1.165, 1.54) is 0 Å². The van der Waals surface area contributed by atoms with Crippen molar-refractivity contribution in [2.24, 2.45) is 11.8 Å². The summed E-state index contributed by atoms with van der Waals surface area (Å²) in [5.41, 5.74) is 0. The molecule has 0 atom stereocenters. The third-order valence-electron chi connectivity index (χ3n) is 3.00. The van der Waals surface area contributed by atoms with E-state index in [2.05, 4.69) is 104 Å². The molecule has 0 rings (SSSR count). The molecule has 4 nitrogen and oxygen atoms in total. The van der Waals surface area contributed by atoms with E-state index in [9.17, 15) is 0 Å². The van der Waals surface area contributed by atoms with Gasteiger partial charge in [0.25, 0.3) is 0 Å². The molecule has 0 N–H and O–H groups in total. The predicted molar refractivity (Wildman–Crippen MR) is 111 cm³/mol. The van der Waals surface area contributed by atoms with Gasteiger partial charge in [-0.25, -0.2) is 12.3 Å². The first-order chi connectivity index (χ1) is 10.9. The second-order valence-electron chi connectivity index (χ2n) is 8.29. The van der Waals surface area contributed by atoms with Gasteiger partial charge < -0.3 is 21.3 Å². The third-order valence-corrected chi connectivity index (χ3v) is 3.00. The molecule has 0 aliphatic carbocycles. The van der Waals surface area contributed by atoms with Gasteiger partial charge in [-0.3, -0.25) is 0 Å². The van der Waals surface area contributed by atoms with Crippen LogP contribution in [0.4, 0.5) is 0 Å². The Balaban J connectivity index is -0.000000173. The van der Waals surface area contributed by atoms with E-state index in [1.54, 1.807) is 0 Å². The summed E-state index contributed by atoms with van der Waals surface area (Å²) in [5, 5.41) is 18.2. The van der Waals surface area contributed by atoms with Crippen molar-refractivity contribution in [2.45, 2.75) is 120 Å². The number of rotatable bonds is 10. The van der Waals surface area contributed by atoms with Gasteiger partial charge in [-0.15, -0.1) is 24.2 Å². The molecule has 0 aromatic carbocycles. The zero-order chi connectivity index (χ0) is 19.4. The van der Waals surface area contributed by atoms with Crippen molar-refractivity contribution >= 4 is 0 Å². The number of hydrogen-bond acceptors (Lipinski definition) is 0. The smallest absolute Gasteiger partial charge is 0.675 e. The average molecular weight is 468 g/mol. The minimum absolute atomic E-state index is 0. The van der Waals surface area contributed by atoms with Crippen molar-refractivity contribution in [1.29, 1.82) is 0 Å². The SMILES string of the molecule is CC(C)[N-]C([N-]C(C)C)C(C)C.CC(C)[N-]C([N-]C(C)C)C(C)C.[Cu+2].[Cu+2]. The van der Waals surface area contributed by atoms with Gasteiger partial charge in [0.05, 0.1) is 0 Å². The molecule has 0 aliphatic rings. The minimum atomic E-state index is 0. The molecule has 0 bridgehead atoms. The van der Waals surface area contributed by atoms with E-state index in [0.717, 1.165) is 0 Å². The third kappa shape index (κ3) is 22.9. The quantitative estimate of drug-likeness (QED) is 0.309. The molecule has 0 unspecified atom stereocenters. The normalized spacial score (nSPS) is 11.5. The molecule has 26 heavy (non-hydrogen) atoms. The van der Waals surface area contributed by atoms with Crippen LogP contribution in [-0.4, -0.2) is 36.5 Å². The fraction of sp³-hybridized carbons (Fsp3) is 1.00. The van der Waals surface area contributed by atoms with E-state index in [4.69, 9.17) is 0 Å². The summed E-state index contributed by atoms with van der Waals surface area (Å²) in [4.78, 5) is 0. The molecule has 0 fully saturated rings. The van der Waals surface area contributed by atoms with E-state index in [-0.39, 0.29) is 46.5 Å².